The number of nitrogens with one attached hydrogen (secondary N) is 1. The minimum atomic E-state index is -0.465. The lowest BCUT2D eigenvalue weighted by molar-refractivity contribution is -0.131. The van der Waals surface area contributed by atoms with Gasteiger partial charge in [-0.25, -0.2) is 0 Å². The third-order valence-corrected chi connectivity index (χ3v) is 4.17. The van der Waals surface area contributed by atoms with Crippen molar-refractivity contribution in [3.05, 3.63) is 64.2 Å². The Bertz CT molecular complexity index is 780. The lowest BCUT2D eigenvalue weighted by Gasteiger charge is -2.27. The van der Waals surface area contributed by atoms with Gasteiger partial charge in [0, 0.05) is 17.6 Å². The molecule has 0 unspecified atom stereocenters. The van der Waals surface area contributed by atoms with Gasteiger partial charge in [0.1, 0.15) is 5.70 Å². The summed E-state index contributed by atoms with van der Waals surface area (Å²) >= 11 is 3.40. The Balaban J connectivity index is 1.87. The highest BCUT2D eigenvalue weighted by Crippen LogP contribution is 2.15. The predicted octanol–water partition coefficient (Wildman–Crippen LogP) is 2.67. The van der Waals surface area contributed by atoms with Gasteiger partial charge in [0.15, 0.2) is 5.76 Å². The van der Waals surface area contributed by atoms with Gasteiger partial charge < -0.3 is 19.4 Å². The Morgan fingerprint density at radius 3 is 2.64 bits per heavy atom. The van der Waals surface area contributed by atoms with Crippen LogP contribution in [0.3, 0.4) is 0 Å². The van der Waals surface area contributed by atoms with Gasteiger partial charge in [0.25, 0.3) is 11.8 Å². The van der Waals surface area contributed by atoms with Crippen molar-refractivity contribution in [1.29, 1.82) is 0 Å². The summed E-state index contributed by atoms with van der Waals surface area (Å²) in [6.07, 6.45) is 3.07. The number of benzene rings is 1. The highest BCUT2D eigenvalue weighted by Gasteiger charge is 2.23. The Kier molecular flexibility index (Phi) is 5.67. The van der Waals surface area contributed by atoms with E-state index in [-0.39, 0.29) is 17.4 Å². The maximum atomic E-state index is 12.8. The lowest BCUT2D eigenvalue weighted by atomic mass is 10.1. The monoisotopic (exact) mass is 404 g/mol. The molecule has 7 heteroatoms. The summed E-state index contributed by atoms with van der Waals surface area (Å²) in [5, 5.41) is 2.67. The number of carbonyl (C=O) groups excluding carboxylic acids is 2. The molecular formula is C18H17BrN2O4. The Hall–Kier alpha value is -2.38. The van der Waals surface area contributed by atoms with Crippen molar-refractivity contribution in [2.45, 2.75) is 0 Å². The summed E-state index contributed by atoms with van der Waals surface area (Å²) in [6, 6.07) is 10.6. The Morgan fingerprint density at radius 2 is 1.96 bits per heavy atom. The van der Waals surface area contributed by atoms with Crippen LogP contribution in [0.1, 0.15) is 16.1 Å². The maximum Gasteiger partial charge on any atom is 0.291 e. The second-order valence-electron chi connectivity index (χ2n) is 5.45. The largest absolute Gasteiger partial charge is 0.459 e. The van der Waals surface area contributed by atoms with Gasteiger partial charge in [-0.3, -0.25) is 9.59 Å². The molecule has 6 nitrogen and oxygen atoms in total. The van der Waals surface area contributed by atoms with Crippen LogP contribution in [0.2, 0.25) is 0 Å². The van der Waals surface area contributed by atoms with E-state index in [4.69, 9.17) is 9.15 Å². The van der Waals surface area contributed by atoms with Gasteiger partial charge in [0.05, 0.1) is 19.5 Å². The molecule has 0 aliphatic carbocycles. The smallest absolute Gasteiger partial charge is 0.291 e. The van der Waals surface area contributed by atoms with Crippen molar-refractivity contribution in [3.63, 3.8) is 0 Å². The molecule has 1 aliphatic rings. The van der Waals surface area contributed by atoms with E-state index in [0.717, 1.165) is 10.0 Å². The van der Waals surface area contributed by atoms with E-state index in [1.807, 2.05) is 24.3 Å². The van der Waals surface area contributed by atoms with E-state index in [2.05, 4.69) is 21.2 Å². The van der Waals surface area contributed by atoms with Crippen molar-refractivity contribution >= 4 is 33.8 Å². The van der Waals surface area contributed by atoms with Crippen molar-refractivity contribution < 1.29 is 18.7 Å². The summed E-state index contributed by atoms with van der Waals surface area (Å²) in [6.45, 7) is 1.96. The number of hydrogen-bond acceptors (Lipinski definition) is 4. The van der Waals surface area contributed by atoms with Crippen LogP contribution in [0.25, 0.3) is 6.08 Å². The predicted molar refractivity (Wildman–Crippen MR) is 95.7 cm³/mol. The molecule has 1 aliphatic heterocycles. The molecule has 0 radical (unpaired) electrons. The average Bonchev–Trinajstić information content (AvgIpc) is 3.16. The molecule has 1 aromatic carbocycles. The van der Waals surface area contributed by atoms with E-state index in [1.54, 1.807) is 23.1 Å². The molecule has 3 rings (SSSR count). The number of morpholine rings is 1. The van der Waals surface area contributed by atoms with Crippen molar-refractivity contribution in [2.24, 2.45) is 0 Å². The number of halogens is 1. The molecule has 2 heterocycles. The quantitative estimate of drug-likeness (QED) is 0.795. The van der Waals surface area contributed by atoms with Gasteiger partial charge in [-0.1, -0.05) is 28.1 Å². The fourth-order valence-corrected chi connectivity index (χ4v) is 2.86. The minimum Gasteiger partial charge on any atom is -0.459 e. The van der Waals surface area contributed by atoms with Crippen LogP contribution in [-0.4, -0.2) is 43.0 Å². The topological polar surface area (TPSA) is 71.8 Å². The zero-order chi connectivity index (χ0) is 17.6. The zero-order valence-electron chi connectivity index (χ0n) is 13.4. The molecule has 1 N–H and O–H groups in total. The lowest BCUT2D eigenvalue weighted by Crippen LogP contribution is -2.44. The van der Waals surface area contributed by atoms with E-state index in [0.29, 0.717) is 26.3 Å². The van der Waals surface area contributed by atoms with Gasteiger partial charge in [0.2, 0.25) is 0 Å². The molecule has 0 bridgehead atoms. The molecule has 25 heavy (non-hydrogen) atoms. The van der Waals surface area contributed by atoms with Crippen LogP contribution in [0.5, 0.6) is 0 Å². The normalized spacial score (nSPS) is 15.1. The van der Waals surface area contributed by atoms with Crippen LogP contribution < -0.4 is 5.32 Å². The van der Waals surface area contributed by atoms with Crippen molar-refractivity contribution in [2.75, 3.05) is 26.3 Å². The molecule has 2 aromatic rings. The molecule has 2 amide bonds. The summed E-state index contributed by atoms with van der Waals surface area (Å²) in [5.41, 5.74) is 0.993. The SMILES string of the molecule is O=C(N/C(=C/c1cccc(Br)c1)C(=O)N1CCOCC1)c1ccco1. The molecule has 0 atom stereocenters. The molecule has 1 aromatic heterocycles. The number of nitrogens with zero attached hydrogens (tertiary/aromatic N) is 1. The third kappa shape index (κ3) is 4.58. The second-order valence-corrected chi connectivity index (χ2v) is 6.36. The number of rotatable bonds is 4. The fraction of sp³-hybridized carbons (Fsp3) is 0.222. The first-order valence-electron chi connectivity index (χ1n) is 7.82. The summed E-state index contributed by atoms with van der Waals surface area (Å²) < 4.78 is 11.3. The number of amides is 2. The number of ether oxygens (including phenoxy) is 1. The standard InChI is InChI=1S/C18H17BrN2O4/c19-14-4-1-3-13(11-14)12-15(18(23)21-6-9-24-10-7-21)20-17(22)16-5-2-8-25-16/h1-5,8,11-12H,6-7,9-10H2,(H,20,22)/b15-12+. The van der Waals surface area contributed by atoms with Crippen molar-refractivity contribution in [3.8, 4) is 0 Å². The van der Waals surface area contributed by atoms with Crippen LogP contribution in [0, 0.1) is 0 Å². The highest BCUT2D eigenvalue weighted by molar-refractivity contribution is 9.10. The molecular weight excluding hydrogens is 388 g/mol. The minimum absolute atomic E-state index is 0.148. The Morgan fingerprint density at radius 1 is 1.16 bits per heavy atom. The molecule has 0 saturated carbocycles. The van der Waals surface area contributed by atoms with Crippen LogP contribution >= 0.6 is 15.9 Å². The van der Waals surface area contributed by atoms with Crippen LogP contribution in [0.15, 0.2) is 57.2 Å². The Labute approximate surface area is 153 Å². The van der Waals surface area contributed by atoms with E-state index >= 15 is 0 Å². The maximum absolute atomic E-state index is 12.8. The summed E-state index contributed by atoms with van der Waals surface area (Å²) in [5.74, 6) is -0.564. The second kappa shape index (κ2) is 8.13. The van der Waals surface area contributed by atoms with Gasteiger partial charge in [-0.2, -0.15) is 0 Å². The fourth-order valence-electron chi connectivity index (χ4n) is 2.44. The number of hydrogen-bond donors (Lipinski definition) is 1. The number of furan rings is 1. The molecule has 0 spiro atoms. The zero-order valence-corrected chi connectivity index (χ0v) is 15.0. The first-order valence-corrected chi connectivity index (χ1v) is 8.62. The van der Waals surface area contributed by atoms with E-state index in [1.165, 1.54) is 6.26 Å². The molecule has 1 saturated heterocycles. The third-order valence-electron chi connectivity index (χ3n) is 3.68. The first-order chi connectivity index (χ1) is 12.1. The van der Waals surface area contributed by atoms with Gasteiger partial charge in [-0.15, -0.1) is 0 Å². The van der Waals surface area contributed by atoms with Gasteiger partial charge >= 0.3 is 0 Å². The van der Waals surface area contributed by atoms with E-state index in [9.17, 15) is 9.59 Å². The highest BCUT2D eigenvalue weighted by atomic mass is 79.9. The van der Waals surface area contributed by atoms with E-state index < -0.39 is 5.91 Å². The van der Waals surface area contributed by atoms with Crippen LogP contribution in [-0.2, 0) is 9.53 Å². The summed E-state index contributed by atoms with van der Waals surface area (Å²) in [4.78, 5) is 26.8. The van der Waals surface area contributed by atoms with Crippen LogP contribution in [0.4, 0.5) is 0 Å². The van der Waals surface area contributed by atoms with Gasteiger partial charge in [-0.05, 0) is 35.9 Å². The van der Waals surface area contributed by atoms with Crippen molar-refractivity contribution in [1.82, 2.24) is 10.2 Å². The summed E-state index contributed by atoms with van der Waals surface area (Å²) in [7, 11) is 0. The molecule has 1 fully saturated rings. The first kappa shape index (κ1) is 17.4. The average molecular weight is 405 g/mol. The molecule has 130 valence electrons. The number of carbonyl (C=O) groups is 2.